The molecule has 0 bridgehead atoms. The highest BCUT2D eigenvalue weighted by molar-refractivity contribution is 7.89. The molecule has 2 rings (SSSR count). The largest absolute Gasteiger partial charge is 0.367 e. The lowest BCUT2D eigenvalue weighted by atomic mass is 10.2. The van der Waals surface area contributed by atoms with Gasteiger partial charge in [0.05, 0.1) is 0 Å². The standard InChI is InChI=1S/C12H14F4N2O2S/c13-7-9(15)12(21(17,19)20)10(16)8(14)11(7)18-5-3-1-2-4-6-18/h1-6H2,(H2,17,19,20). The number of hydrogen-bond donors (Lipinski definition) is 1. The van der Waals surface area contributed by atoms with Gasteiger partial charge in [-0.05, 0) is 12.8 Å². The summed E-state index contributed by atoms with van der Waals surface area (Å²) in [6.45, 7) is 0.475. The van der Waals surface area contributed by atoms with Gasteiger partial charge in [-0.25, -0.2) is 31.1 Å². The number of primary sulfonamides is 1. The summed E-state index contributed by atoms with van der Waals surface area (Å²) in [6.07, 6.45) is 2.94. The van der Waals surface area contributed by atoms with Crippen molar-refractivity contribution >= 4 is 15.7 Å². The molecule has 0 aliphatic carbocycles. The molecule has 1 saturated heterocycles. The van der Waals surface area contributed by atoms with Crippen molar-refractivity contribution in [3.8, 4) is 0 Å². The second-order valence-electron chi connectivity index (χ2n) is 4.88. The summed E-state index contributed by atoms with van der Waals surface area (Å²) in [5.74, 6) is -7.45. The highest BCUT2D eigenvalue weighted by atomic mass is 32.2. The zero-order valence-electron chi connectivity index (χ0n) is 11.0. The number of anilines is 1. The van der Waals surface area contributed by atoms with Gasteiger partial charge >= 0.3 is 0 Å². The minimum atomic E-state index is -4.91. The van der Waals surface area contributed by atoms with Gasteiger partial charge in [-0.2, -0.15) is 0 Å². The molecule has 1 fully saturated rings. The van der Waals surface area contributed by atoms with Gasteiger partial charge in [-0.15, -0.1) is 0 Å². The Hall–Kier alpha value is -1.35. The van der Waals surface area contributed by atoms with Crippen LogP contribution in [-0.2, 0) is 10.0 Å². The van der Waals surface area contributed by atoms with Crippen LogP contribution in [0.1, 0.15) is 25.7 Å². The van der Waals surface area contributed by atoms with E-state index >= 15 is 0 Å². The summed E-state index contributed by atoms with van der Waals surface area (Å²) in [6, 6.07) is 0. The quantitative estimate of drug-likeness (QED) is 0.670. The maximum Gasteiger partial charge on any atom is 0.244 e. The molecule has 118 valence electrons. The van der Waals surface area contributed by atoms with Crippen LogP contribution in [0.2, 0.25) is 0 Å². The number of halogens is 4. The van der Waals surface area contributed by atoms with Gasteiger partial charge in [0.1, 0.15) is 5.69 Å². The van der Waals surface area contributed by atoms with Crippen molar-refractivity contribution in [1.29, 1.82) is 0 Å². The molecule has 2 N–H and O–H groups in total. The van der Waals surface area contributed by atoms with E-state index < -0.39 is 43.9 Å². The van der Waals surface area contributed by atoms with Crippen molar-refractivity contribution < 1.29 is 26.0 Å². The highest BCUT2D eigenvalue weighted by Gasteiger charge is 2.33. The summed E-state index contributed by atoms with van der Waals surface area (Å²) in [7, 11) is -4.91. The topological polar surface area (TPSA) is 63.4 Å². The van der Waals surface area contributed by atoms with E-state index in [-0.39, 0.29) is 13.1 Å². The Labute approximate surface area is 119 Å². The van der Waals surface area contributed by atoms with Crippen LogP contribution in [0.15, 0.2) is 4.90 Å². The minimum Gasteiger partial charge on any atom is -0.367 e. The molecule has 0 saturated carbocycles. The Morgan fingerprint density at radius 2 is 1.24 bits per heavy atom. The number of benzene rings is 1. The Morgan fingerprint density at radius 1 is 0.810 bits per heavy atom. The summed E-state index contributed by atoms with van der Waals surface area (Å²) >= 11 is 0. The van der Waals surface area contributed by atoms with Crippen LogP contribution >= 0.6 is 0 Å². The number of hydrogen-bond acceptors (Lipinski definition) is 3. The van der Waals surface area contributed by atoms with Gasteiger partial charge < -0.3 is 4.90 Å². The van der Waals surface area contributed by atoms with E-state index in [1.807, 2.05) is 0 Å². The molecule has 1 aliphatic heterocycles. The second-order valence-corrected chi connectivity index (χ2v) is 6.38. The molecule has 0 aromatic heterocycles. The smallest absolute Gasteiger partial charge is 0.244 e. The average molecular weight is 326 g/mol. The Kier molecular flexibility index (Phi) is 4.43. The van der Waals surface area contributed by atoms with Crippen LogP contribution in [0.5, 0.6) is 0 Å². The normalized spacial score (nSPS) is 16.9. The van der Waals surface area contributed by atoms with Gasteiger partial charge in [0.15, 0.2) is 28.2 Å². The molecule has 0 radical (unpaired) electrons. The van der Waals surface area contributed by atoms with E-state index in [2.05, 4.69) is 5.14 Å². The molecule has 0 atom stereocenters. The molecular weight excluding hydrogens is 312 g/mol. The highest BCUT2D eigenvalue weighted by Crippen LogP contribution is 2.33. The Balaban J connectivity index is 2.64. The number of nitrogens with zero attached hydrogens (tertiary/aromatic N) is 1. The molecule has 1 heterocycles. The van der Waals surface area contributed by atoms with Crippen molar-refractivity contribution in [2.24, 2.45) is 5.14 Å². The zero-order chi connectivity index (χ0) is 15.8. The third-order valence-electron chi connectivity index (χ3n) is 3.41. The van der Waals surface area contributed by atoms with E-state index in [9.17, 15) is 26.0 Å². The van der Waals surface area contributed by atoms with Gasteiger partial charge in [-0.3, -0.25) is 0 Å². The van der Waals surface area contributed by atoms with Crippen molar-refractivity contribution in [3.63, 3.8) is 0 Å². The molecule has 1 aromatic rings. The van der Waals surface area contributed by atoms with E-state index in [1.54, 1.807) is 0 Å². The van der Waals surface area contributed by atoms with Gasteiger partial charge in [0.2, 0.25) is 10.0 Å². The van der Waals surface area contributed by atoms with Crippen LogP contribution < -0.4 is 10.0 Å². The van der Waals surface area contributed by atoms with E-state index in [4.69, 9.17) is 0 Å². The van der Waals surface area contributed by atoms with Crippen molar-refractivity contribution in [2.45, 2.75) is 30.6 Å². The summed E-state index contributed by atoms with van der Waals surface area (Å²) in [5.41, 5.74) is -0.876. The zero-order valence-corrected chi connectivity index (χ0v) is 11.8. The van der Waals surface area contributed by atoms with Gasteiger partial charge in [0.25, 0.3) is 0 Å². The fourth-order valence-corrected chi connectivity index (χ4v) is 3.10. The summed E-state index contributed by atoms with van der Waals surface area (Å²) in [5, 5.41) is 4.60. The first-order valence-electron chi connectivity index (χ1n) is 6.39. The van der Waals surface area contributed by atoms with E-state index in [0.717, 1.165) is 12.8 Å². The lowest BCUT2D eigenvalue weighted by Crippen LogP contribution is -2.28. The molecular formula is C12H14F4N2O2S. The Morgan fingerprint density at radius 3 is 1.62 bits per heavy atom. The van der Waals surface area contributed by atoms with Crippen molar-refractivity contribution in [1.82, 2.24) is 0 Å². The molecule has 4 nitrogen and oxygen atoms in total. The molecule has 21 heavy (non-hydrogen) atoms. The third kappa shape index (κ3) is 2.98. The van der Waals surface area contributed by atoms with E-state index in [0.29, 0.717) is 12.8 Å². The lowest BCUT2D eigenvalue weighted by molar-refractivity contribution is 0.418. The maximum absolute atomic E-state index is 14.0. The van der Waals surface area contributed by atoms with Crippen LogP contribution in [0.25, 0.3) is 0 Å². The van der Waals surface area contributed by atoms with E-state index in [1.165, 1.54) is 4.90 Å². The van der Waals surface area contributed by atoms with Gasteiger partial charge in [-0.1, -0.05) is 12.8 Å². The number of sulfonamides is 1. The number of nitrogens with two attached hydrogens (primary N) is 1. The van der Waals surface area contributed by atoms with Gasteiger partial charge in [0, 0.05) is 13.1 Å². The van der Waals surface area contributed by atoms with Crippen LogP contribution in [-0.4, -0.2) is 21.5 Å². The van der Waals surface area contributed by atoms with Crippen molar-refractivity contribution in [3.05, 3.63) is 23.3 Å². The first-order valence-corrected chi connectivity index (χ1v) is 7.93. The molecule has 0 amide bonds. The molecule has 1 aliphatic rings. The van der Waals surface area contributed by atoms with Crippen LogP contribution in [0.4, 0.5) is 23.2 Å². The molecule has 9 heteroatoms. The minimum absolute atomic E-state index is 0.238. The third-order valence-corrected chi connectivity index (χ3v) is 4.33. The first-order chi connectivity index (χ1) is 9.75. The van der Waals surface area contributed by atoms with Crippen LogP contribution in [0.3, 0.4) is 0 Å². The fraction of sp³-hybridized carbons (Fsp3) is 0.500. The predicted molar refractivity (Wildman–Crippen MR) is 68.3 cm³/mol. The predicted octanol–water partition coefficient (Wildman–Crippen LogP) is 2.27. The average Bonchev–Trinajstić information content (AvgIpc) is 2.64. The fourth-order valence-electron chi connectivity index (χ4n) is 2.42. The van der Waals surface area contributed by atoms with Crippen LogP contribution in [0, 0.1) is 23.3 Å². The monoisotopic (exact) mass is 326 g/mol. The SMILES string of the molecule is NS(=O)(=O)c1c(F)c(F)c(N2CCCCCC2)c(F)c1F. The first kappa shape index (κ1) is 16.0. The lowest BCUT2D eigenvalue weighted by Gasteiger charge is -2.24. The molecule has 0 spiro atoms. The maximum atomic E-state index is 14.0. The summed E-state index contributed by atoms with van der Waals surface area (Å²) < 4.78 is 77.7. The Bertz CT molecular complexity index is 627. The number of rotatable bonds is 2. The molecule has 0 unspecified atom stereocenters. The molecule has 1 aromatic carbocycles. The summed E-state index contributed by atoms with van der Waals surface area (Å²) in [4.78, 5) is -0.590. The van der Waals surface area contributed by atoms with Crippen molar-refractivity contribution in [2.75, 3.05) is 18.0 Å². The second kappa shape index (κ2) is 5.80.